The number of hydrogen-bond donors (Lipinski definition) is 0. The summed E-state index contributed by atoms with van der Waals surface area (Å²) in [6.45, 7) is 7.62. The zero-order chi connectivity index (χ0) is 13.9. The van der Waals surface area contributed by atoms with Gasteiger partial charge in [-0.05, 0) is 31.5 Å². The first-order valence-corrected chi connectivity index (χ1v) is 6.46. The lowest BCUT2D eigenvalue weighted by atomic mass is 10.0. The van der Waals surface area contributed by atoms with Gasteiger partial charge in [0.1, 0.15) is 11.8 Å². The minimum atomic E-state index is 0.0327. The van der Waals surface area contributed by atoms with Gasteiger partial charge < -0.3 is 9.47 Å². The lowest BCUT2D eigenvalue weighted by Gasteiger charge is -2.42. The number of benzene rings is 1. The molecule has 1 aromatic carbocycles. The Balaban J connectivity index is 2.17. The van der Waals surface area contributed by atoms with Gasteiger partial charge in [-0.2, -0.15) is 5.26 Å². The quantitative estimate of drug-likeness (QED) is 0.835. The first kappa shape index (κ1) is 13.9. The third kappa shape index (κ3) is 3.06. The van der Waals surface area contributed by atoms with Crippen LogP contribution >= 0.6 is 0 Å². The molecule has 1 saturated heterocycles. The largest absolute Gasteiger partial charge is 0.495 e. The van der Waals surface area contributed by atoms with Gasteiger partial charge in [0.25, 0.3) is 0 Å². The van der Waals surface area contributed by atoms with Crippen molar-refractivity contribution in [2.24, 2.45) is 0 Å². The van der Waals surface area contributed by atoms with E-state index in [0.29, 0.717) is 11.3 Å². The molecule has 4 nitrogen and oxygen atoms in total. The Morgan fingerprint density at radius 2 is 2.26 bits per heavy atom. The standard InChI is InChI=1S/C15H20N2O2/c1-15(2)11-19-7-6-17(15)10-12-4-5-14(18-3)13(8-12)9-16/h4-5,8H,6-7,10-11H2,1-3H3. The van der Waals surface area contributed by atoms with Crippen LogP contribution in [0.25, 0.3) is 0 Å². The summed E-state index contributed by atoms with van der Waals surface area (Å²) in [6, 6.07) is 7.97. The second-order valence-corrected chi connectivity index (χ2v) is 5.43. The molecular weight excluding hydrogens is 240 g/mol. The van der Waals surface area contributed by atoms with E-state index in [2.05, 4.69) is 24.8 Å². The predicted octanol–water partition coefficient (Wildman–Crippen LogP) is 2.18. The van der Waals surface area contributed by atoms with Gasteiger partial charge in [0.05, 0.1) is 25.9 Å². The summed E-state index contributed by atoms with van der Waals surface area (Å²) in [5, 5.41) is 9.12. The van der Waals surface area contributed by atoms with Crippen LogP contribution in [0.5, 0.6) is 5.75 Å². The number of ether oxygens (including phenoxy) is 2. The first-order chi connectivity index (χ1) is 9.06. The van der Waals surface area contributed by atoms with Crippen molar-refractivity contribution in [1.29, 1.82) is 5.26 Å². The van der Waals surface area contributed by atoms with E-state index in [4.69, 9.17) is 14.7 Å². The number of methoxy groups -OCH3 is 1. The number of rotatable bonds is 3. The van der Waals surface area contributed by atoms with Crippen LogP contribution in [-0.4, -0.2) is 37.3 Å². The maximum atomic E-state index is 9.12. The van der Waals surface area contributed by atoms with Gasteiger partial charge in [-0.3, -0.25) is 4.90 Å². The molecule has 0 aliphatic carbocycles. The number of nitrogens with zero attached hydrogens (tertiary/aromatic N) is 2. The van der Waals surface area contributed by atoms with Gasteiger partial charge in [-0.15, -0.1) is 0 Å². The average Bonchev–Trinajstić information content (AvgIpc) is 2.41. The molecule has 1 aromatic rings. The normalized spacial score (nSPS) is 18.8. The number of morpholine rings is 1. The van der Waals surface area contributed by atoms with Crippen LogP contribution in [0, 0.1) is 11.3 Å². The molecule has 102 valence electrons. The Kier molecular flexibility index (Phi) is 4.08. The summed E-state index contributed by atoms with van der Waals surface area (Å²) < 4.78 is 10.7. The van der Waals surface area contributed by atoms with Crippen LogP contribution in [0.4, 0.5) is 0 Å². The topological polar surface area (TPSA) is 45.5 Å². The van der Waals surface area contributed by atoms with Gasteiger partial charge in [-0.1, -0.05) is 6.07 Å². The molecule has 4 heteroatoms. The Morgan fingerprint density at radius 3 is 2.89 bits per heavy atom. The first-order valence-electron chi connectivity index (χ1n) is 6.46. The third-order valence-corrected chi connectivity index (χ3v) is 3.57. The molecule has 0 saturated carbocycles. The van der Waals surface area contributed by atoms with Gasteiger partial charge in [0.15, 0.2) is 0 Å². The molecule has 0 amide bonds. The van der Waals surface area contributed by atoms with E-state index in [1.807, 2.05) is 18.2 Å². The molecular formula is C15H20N2O2. The molecule has 0 radical (unpaired) electrons. The maximum Gasteiger partial charge on any atom is 0.136 e. The zero-order valence-electron chi connectivity index (χ0n) is 11.8. The summed E-state index contributed by atoms with van der Waals surface area (Å²) >= 11 is 0. The van der Waals surface area contributed by atoms with Crippen molar-refractivity contribution in [3.8, 4) is 11.8 Å². The fourth-order valence-corrected chi connectivity index (χ4v) is 2.34. The fraction of sp³-hybridized carbons (Fsp3) is 0.533. The van der Waals surface area contributed by atoms with Crippen molar-refractivity contribution < 1.29 is 9.47 Å². The Bertz CT molecular complexity index is 491. The number of hydrogen-bond acceptors (Lipinski definition) is 4. The Hall–Kier alpha value is -1.57. The Labute approximate surface area is 114 Å². The minimum absolute atomic E-state index is 0.0327. The molecule has 1 aliphatic heterocycles. The van der Waals surface area contributed by atoms with Crippen LogP contribution in [-0.2, 0) is 11.3 Å². The average molecular weight is 260 g/mol. The molecule has 0 aromatic heterocycles. The van der Waals surface area contributed by atoms with Crippen molar-refractivity contribution >= 4 is 0 Å². The molecule has 2 rings (SSSR count). The molecule has 1 heterocycles. The monoisotopic (exact) mass is 260 g/mol. The van der Waals surface area contributed by atoms with Crippen LogP contribution in [0.15, 0.2) is 18.2 Å². The molecule has 19 heavy (non-hydrogen) atoms. The highest BCUT2D eigenvalue weighted by molar-refractivity contribution is 5.45. The predicted molar refractivity (Wildman–Crippen MR) is 73.0 cm³/mol. The van der Waals surface area contributed by atoms with Crippen LogP contribution in [0.2, 0.25) is 0 Å². The van der Waals surface area contributed by atoms with E-state index >= 15 is 0 Å². The minimum Gasteiger partial charge on any atom is -0.495 e. The van der Waals surface area contributed by atoms with E-state index in [0.717, 1.165) is 31.9 Å². The van der Waals surface area contributed by atoms with Gasteiger partial charge >= 0.3 is 0 Å². The van der Waals surface area contributed by atoms with E-state index in [9.17, 15) is 0 Å². The highest BCUT2D eigenvalue weighted by Gasteiger charge is 2.30. The fourth-order valence-electron chi connectivity index (χ4n) is 2.34. The zero-order valence-corrected chi connectivity index (χ0v) is 11.8. The summed E-state index contributed by atoms with van der Waals surface area (Å²) in [6.07, 6.45) is 0. The summed E-state index contributed by atoms with van der Waals surface area (Å²) in [7, 11) is 1.58. The van der Waals surface area contributed by atoms with Crippen LogP contribution in [0.3, 0.4) is 0 Å². The molecule has 1 aliphatic rings. The second kappa shape index (κ2) is 5.60. The second-order valence-electron chi connectivity index (χ2n) is 5.43. The highest BCUT2D eigenvalue weighted by Crippen LogP contribution is 2.24. The smallest absolute Gasteiger partial charge is 0.136 e. The number of nitriles is 1. The summed E-state index contributed by atoms with van der Waals surface area (Å²) in [5.41, 5.74) is 1.75. The third-order valence-electron chi connectivity index (χ3n) is 3.57. The van der Waals surface area contributed by atoms with Gasteiger partial charge in [0, 0.05) is 18.6 Å². The van der Waals surface area contributed by atoms with Crippen molar-refractivity contribution in [2.45, 2.75) is 25.9 Å². The molecule has 0 N–H and O–H groups in total. The lowest BCUT2D eigenvalue weighted by molar-refractivity contribution is -0.0552. The summed E-state index contributed by atoms with van der Waals surface area (Å²) in [4.78, 5) is 2.39. The van der Waals surface area contributed by atoms with Crippen molar-refractivity contribution in [2.75, 3.05) is 26.9 Å². The van der Waals surface area contributed by atoms with Crippen LogP contribution < -0.4 is 4.74 Å². The Morgan fingerprint density at radius 1 is 1.47 bits per heavy atom. The van der Waals surface area contributed by atoms with Crippen molar-refractivity contribution in [3.05, 3.63) is 29.3 Å². The van der Waals surface area contributed by atoms with Crippen molar-refractivity contribution in [3.63, 3.8) is 0 Å². The molecule has 0 unspecified atom stereocenters. The highest BCUT2D eigenvalue weighted by atomic mass is 16.5. The molecule has 0 atom stereocenters. The van der Waals surface area contributed by atoms with E-state index in [1.54, 1.807) is 7.11 Å². The molecule has 0 bridgehead atoms. The van der Waals surface area contributed by atoms with E-state index in [-0.39, 0.29) is 5.54 Å². The van der Waals surface area contributed by atoms with Crippen LogP contribution in [0.1, 0.15) is 25.0 Å². The molecule has 0 spiro atoms. The maximum absolute atomic E-state index is 9.12. The van der Waals surface area contributed by atoms with E-state index < -0.39 is 0 Å². The summed E-state index contributed by atoms with van der Waals surface area (Å²) in [5.74, 6) is 0.632. The van der Waals surface area contributed by atoms with E-state index in [1.165, 1.54) is 0 Å². The lowest BCUT2D eigenvalue weighted by Crippen LogP contribution is -2.52. The van der Waals surface area contributed by atoms with Gasteiger partial charge in [0.2, 0.25) is 0 Å². The van der Waals surface area contributed by atoms with Gasteiger partial charge in [-0.25, -0.2) is 0 Å². The van der Waals surface area contributed by atoms with Crippen molar-refractivity contribution in [1.82, 2.24) is 4.90 Å². The SMILES string of the molecule is COc1ccc(CN2CCOCC2(C)C)cc1C#N. The molecule has 1 fully saturated rings.